The first-order valence-corrected chi connectivity index (χ1v) is 11.0. The number of benzene rings is 2. The normalized spacial score (nSPS) is 13.6. The van der Waals surface area contributed by atoms with Gasteiger partial charge in [-0.15, -0.1) is 10.2 Å². The van der Waals surface area contributed by atoms with Crippen LogP contribution in [0, 0.1) is 0 Å². The molecule has 4 rings (SSSR count). The van der Waals surface area contributed by atoms with E-state index in [0.29, 0.717) is 35.3 Å². The van der Waals surface area contributed by atoms with E-state index in [1.54, 1.807) is 12.1 Å². The number of nitrogens with zero attached hydrogens (tertiary/aromatic N) is 3. The second-order valence-corrected chi connectivity index (χ2v) is 8.28. The van der Waals surface area contributed by atoms with E-state index in [0.717, 1.165) is 11.1 Å². The van der Waals surface area contributed by atoms with Crippen LogP contribution >= 0.6 is 23.2 Å². The van der Waals surface area contributed by atoms with E-state index in [1.165, 1.54) is 4.90 Å². The minimum atomic E-state index is -0.657. The molecule has 10 heteroatoms. The molecular formula is C23H20Cl2N4O4. The van der Waals surface area contributed by atoms with E-state index in [9.17, 15) is 14.7 Å². The molecule has 33 heavy (non-hydrogen) atoms. The fourth-order valence-electron chi connectivity index (χ4n) is 3.40. The van der Waals surface area contributed by atoms with Gasteiger partial charge in [0.15, 0.2) is 5.76 Å². The van der Waals surface area contributed by atoms with E-state index in [-0.39, 0.29) is 24.6 Å². The van der Waals surface area contributed by atoms with Gasteiger partial charge in [0, 0.05) is 12.1 Å². The van der Waals surface area contributed by atoms with Gasteiger partial charge < -0.3 is 19.7 Å². The molecule has 2 heterocycles. The third kappa shape index (κ3) is 5.35. The largest absolute Gasteiger partial charge is 0.503 e. The fourth-order valence-corrected chi connectivity index (χ4v) is 3.72. The highest BCUT2D eigenvalue weighted by Crippen LogP contribution is 2.24. The molecule has 0 saturated carbocycles. The van der Waals surface area contributed by atoms with Crippen molar-refractivity contribution >= 4 is 35.0 Å². The van der Waals surface area contributed by atoms with Crippen molar-refractivity contribution in [3.8, 4) is 11.5 Å². The molecular weight excluding hydrogens is 467 g/mol. The van der Waals surface area contributed by atoms with E-state index in [1.807, 2.05) is 36.4 Å². The number of carbonyl (C=O) groups excluding carboxylic acids is 2. The van der Waals surface area contributed by atoms with Gasteiger partial charge in [0.1, 0.15) is 0 Å². The first kappa shape index (κ1) is 22.8. The third-order valence-electron chi connectivity index (χ3n) is 5.12. The first-order chi connectivity index (χ1) is 15.9. The number of aliphatic hydroxyl groups is 1. The number of hydrogen-bond acceptors (Lipinski definition) is 6. The number of aromatic nitrogens is 2. The predicted octanol–water partition coefficient (Wildman–Crippen LogP) is 3.95. The van der Waals surface area contributed by atoms with Gasteiger partial charge in [-0.2, -0.15) is 0 Å². The molecule has 1 aliphatic rings. The van der Waals surface area contributed by atoms with Gasteiger partial charge in [-0.3, -0.25) is 9.59 Å². The van der Waals surface area contributed by atoms with Gasteiger partial charge in [0.2, 0.25) is 11.8 Å². The molecule has 8 nitrogen and oxygen atoms in total. The Labute approximate surface area is 199 Å². The van der Waals surface area contributed by atoms with Crippen molar-refractivity contribution in [1.29, 1.82) is 0 Å². The average molecular weight is 487 g/mol. The number of hydrogen-bond donors (Lipinski definition) is 2. The molecule has 2 N–H and O–H groups in total. The Hall–Kier alpha value is -3.36. The Morgan fingerprint density at radius 1 is 1.12 bits per heavy atom. The van der Waals surface area contributed by atoms with Crippen molar-refractivity contribution in [3.63, 3.8) is 0 Å². The maximum absolute atomic E-state index is 12.5. The monoisotopic (exact) mass is 486 g/mol. The molecule has 1 aromatic heterocycles. The smallest absolute Gasteiger partial charge is 0.290 e. The number of halogens is 2. The molecule has 2 amide bonds. The molecule has 0 unspecified atom stereocenters. The lowest BCUT2D eigenvalue weighted by atomic mass is 10.1. The summed E-state index contributed by atoms with van der Waals surface area (Å²) >= 11 is 11.9. The van der Waals surface area contributed by atoms with Crippen LogP contribution in [0.3, 0.4) is 0 Å². The average Bonchev–Trinajstić information content (AvgIpc) is 3.40. The quantitative estimate of drug-likeness (QED) is 0.466. The van der Waals surface area contributed by atoms with Gasteiger partial charge in [0.25, 0.3) is 11.8 Å². The van der Waals surface area contributed by atoms with Crippen molar-refractivity contribution in [2.45, 2.75) is 19.4 Å². The summed E-state index contributed by atoms with van der Waals surface area (Å²) in [6, 6.07) is 14.6. The second-order valence-electron chi connectivity index (χ2n) is 7.46. The van der Waals surface area contributed by atoms with Gasteiger partial charge in [0.05, 0.1) is 28.7 Å². The first-order valence-electron chi connectivity index (χ1n) is 10.2. The van der Waals surface area contributed by atoms with Crippen molar-refractivity contribution < 1.29 is 19.1 Å². The van der Waals surface area contributed by atoms with Crippen LogP contribution in [0.15, 0.2) is 64.3 Å². The maximum Gasteiger partial charge on any atom is 0.290 e. The minimum Gasteiger partial charge on any atom is -0.503 e. The molecule has 0 fully saturated rings. The highest BCUT2D eigenvalue weighted by atomic mass is 35.5. The van der Waals surface area contributed by atoms with Crippen molar-refractivity contribution in [1.82, 2.24) is 20.4 Å². The molecule has 0 radical (unpaired) electrons. The lowest BCUT2D eigenvalue weighted by Gasteiger charge is -2.13. The summed E-state index contributed by atoms with van der Waals surface area (Å²) in [4.78, 5) is 26.2. The molecule has 0 spiro atoms. The number of aliphatic hydroxyl groups excluding tert-OH is 1. The van der Waals surface area contributed by atoms with E-state index >= 15 is 0 Å². The molecule has 170 valence electrons. The zero-order valence-electron chi connectivity index (χ0n) is 17.4. The topological polar surface area (TPSA) is 109 Å². The maximum atomic E-state index is 12.5. The lowest BCUT2D eigenvalue weighted by Crippen LogP contribution is -2.30. The highest BCUT2D eigenvalue weighted by molar-refractivity contribution is 6.42. The van der Waals surface area contributed by atoms with Crippen LogP contribution in [0.1, 0.15) is 17.9 Å². The van der Waals surface area contributed by atoms with Crippen molar-refractivity contribution in [2.24, 2.45) is 0 Å². The summed E-state index contributed by atoms with van der Waals surface area (Å²) in [5, 5.41) is 21.8. The summed E-state index contributed by atoms with van der Waals surface area (Å²) in [7, 11) is 0. The van der Waals surface area contributed by atoms with E-state index in [2.05, 4.69) is 15.5 Å². The summed E-state index contributed by atoms with van der Waals surface area (Å²) < 4.78 is 5.61. The predicted molar refractivity (Wildman–Crippen MR) is 123 cm³/mol. The number of nitrogens with one attached hydrogen (secondary N) is 1. The zero-order chi connectivity index (χ0) is 23.4. The highest BCUT2D eigenvalue weighted by Gasteiger charge is 2.34. The summed E-state index contributed by atoms with van der Waals surface area (Å²) in [6.07, 6.45) is 1.34. The summed E-state index contributed by atoms with van der Waals surface area (Å²) in [5.41, 5.74) is 1.76. The molecule has 0 saturated heterocycles. The SMILES string of the molecule is O=C(NCCCc1ccc(Cl)c(Cl)c1)C1=C(O)C(=O)N(Cc2nnc(-c3ccccc3)o2)C1. The van der Waals surface area contributed by atoms with Crippen molar-refractivity contribution in [3.05, 3.63) is 81.4 Å². The van der Waals surface area contributed by atoms with E-state index in [4.69, 9.17) is 27.6 Å². The molecule has 2 aromatic carbocycles. The van der Waals surface area contributed by atoms with E-state index < -0.39 is 17.6 Å². The Kier molecular flexibility index (Phi) is 6.96. The number of rotatable bonds is 8. The lowest BCUT2D eigenvalue weighted by molar-refractivity contribution is -0.128. The Balaban J connectivity index is 1.29. The fraction of sp³-hybridized carbons (Fsp3) is 0.217. The van der Waals surface area contributed by atoms with Crippen LogP contribution in [-0.2, 0) is 22.6 Å². The van der Waals surface area contributed by atoms with Crippen LogP contribution < -0.4 is 5.32 Å². The van der Waals surface area contributed by atoms with Gasteiger partial charge in [-0.05, 0) is 42.7 Å². The zero-order valence-corrected chi connectivity index (χ0v) is 18.9. The third-order valence-corrected chi connectivity index (χ3v) is 5.86. The summed E-state index contributed by atoms with van der Waals surface area (Å²) in [6.45, 7) is 0.303. The van der Waals surface area contributed by atoms with Crippen LogP contribution in [0.25, 0.3) is 11.5 Å². The van der Waals surface area contributed by atoms with Crippen LogP contribution in [0.2, 0.25) is 10.0 Å². The van der Waals surface area contributed by atoms with Crippen LogP contribution in [0.5, 0.6) is 0 Å². The van der Waals surface area contributed by atoms with Crippen LogP contribution in [0.4, 0.5) is 0 Å². The van der Waals surface area contributed by atoms with Crippen LogP contribution in [-0.4, -0.2) is 45.1 Å². The van der Waals surface area contributed by atoms with Gasteiger partial charge in [-0.1, -0.05) is 47.5 Å². The minimum absolute atomic E-state index is 0.0114. The summed E-state index contributed by atoms with van der Waals surface area (Å²) in [5.74, 6) is -1.18. The Morgan fingerprint density at radius 2 is 1.91 bits per heavy atom. The number of amides is 2. The molecule has 0 aliphatic carbocycles. The van der Waals surface area contributed by atoms with Crippen molar-refractivity contribution in [2.75, 3.05) is 13.1 Å². The standard InChI is InChI=1S/C23H20Cl2N4O4/c24-17-9-8-14(11-18(17)25)5-4-10-26-21(31)16-12-29(23(32)20(16)30)13-19-27-28-22(33-19)15-6-2-1-3-7-15/h1-3,6-9,11,30H,4-5,10,12-13H2,(H,26,31). The Bertz CT molecular complexity index is 1210. The molecule has 1 aliphatic heterocycles. The number of carbonyl (C=O) groups is 2. The van der Waals surface area contributed by atoms with Gasteiger partial charge >= 0.3 is 0 Å². The molecule has 0 bridgehead atoms. The molecule has 3 aromatic rings. The Morgan fingerprint density at radius 3 is 2.67 bits per heavy atom. The number of aryl methyl sites for hydroxylation is 1. The molecule has 0 atom stereocenters. The van der Waals surface area contributed by atoms with Gasteiger partial charge in [-0.25, -0.2) is 0 Å². The second kappa shape index (κ2) is 10.1.